The van der Waals surface area contributed by atoms with Gasteiger partial charge in [0.2, 0.25) is 11.8 Å². The first-order valence-corrected chi connectivity index (χ1v) is 4.99. The summed E-state index contributed by atoms with van der Waals surface area (Å²) in [5.41, 5.74) is 0.624. The van der Waals surface area contributed by atoms with Crippen molar-refractivity contribution in [3.05, 3.63) is 47.4 Å². The molecule has 1 aromatic carbocycles. The van der Waals surface area contributed by atoms with Crippen LogP contribution in [0, 0.1) is 12.7 Å². The number of nitrogens with zero attached hydrogens (tertiary/aromatic N) is 2. The predicted octanol–water partition coefficient (Wildman–Crippen LogP) is 1.81. The lowest BCUT2D eigenvalue weighted by Gasteiger charge is -2.02. The Bertz CT molecular complexity index is 470. The van der Waals surface area contributed by atoms with E-state index in [2.05, 4.69) is 15.5 Å². The molecule has 1 aromatic heterocycles. The quantitative estimate of drug-likeness (QED) is 0.855. The monoisotopic (exact) mass is 221 g/mol. The Hall–Kier alpha value is -1.75. The van der Waals surface area contributed by atoms with E-state index in [4.69, 9.17) is 4.42 Å². The smallest absolute Gasteiger partial charge is 0.230 e. The fourth-order valence-electron chi connectivity index (χ4n) is 1.35. The molecule has 0 aliphatic heterocycles. The van der Waals surface area contributed by atoms with Crippen molar-refractivity contribution in [1.29, 1.82) is 0 Å². The molecule has 0 fully saturated rings. The van der Waals surface area contributed by atoms with Gasteiger partial charge in [0.1, 0.15) is 5.82 Å². The van der Waals surface area contributed by atoms with E-state index in [-0.39, 0.29) is 5.82 Å². The highest BCUT2D eigenvalue weighted by Crippen LogP contribution is 2.06. The minimum Gasteiger partial charge on any atom is -0.424 e. The normalized spacial score (nSPS) is 10.6. The van der Waals surface area contributed by atoms with E-state index in [1.54, 1.807) is 25.1 Å². The summed E-state index contributed by atoms with van der Waals surface area (Å²) >= 11 is 0. The van der Waals surface area contributed by atoms with E-state index in [0.29, 0.717) is 30.4 Å². The maximum atomic E-state index is 13.2. The molecule has 1 heterocycles. The maximum absolute atomic E-state index is 13.2. The first-order valence-electron chi connectivity index (χ1n) is 4.99. The third-order valence-corrected chi connectivity index (χ3v) is 2.12. The molecule has 2 rings (SSSR count). The molecule has 2 aromatic rings. The van der Waals surface area contributed by atoms with Crippen molar-refractivity contribution in [1.82, 2.24) is 15.5 Å². The SMILES string of the molecule is Cc1nnc(CNCc2ccccc2F)o1. The third kappa shape index (κ3) is 2.64. The average molecular weight is 221 g/mol. The highest BCUT2D eigenvalue weighted by molar-refractivity contribution is 5.16. The number of rotatable bonds is 4. The molecule has 0 aliphatic rings. The fraction of sp³-hybridized carbons (Fsp3) is 0.273. The summed E-state index contributed by atoms with van der Waals surface area (Å²) in [6.07, 6.45) is 0. The highest BCUT2D eigenvalue weighted by atomic mass is 19.1. The maximum Gasteiger partial charge on any atom is 0.230 e. The van der Waals surface area contributed by atoms with Crippen molar-refractivity contribution in [2.24, 2.45) is 0 Å². The average Bonchev–Trinajstić information content (AvgIpc) is 2.67. The van der Waals surface area contributed by atoms with Crippen LogP contribution in [-0.2, 0) is 13.1 Å². The van der Waals surface area contributed by atoms with Gasteiger partial charge < -0.3 is 9.73 Å². The van der Waals surface area contributed by atoms with Crippen molar-refractivity contribution >= 4 is 0 Å². The van der Waals surface area contributed by atoms with Gasteiger partial charge in [-0.1, -0.05) is 18.2 Å². The van der Waals surface area contributed by atoms with Crippen LogP contribution in [0.5, 0.6) is 0 Å². The van der Waals surface area contributed by atoms with Gasteiger partial charge in [-0.15, -0.1) is 10.2 Å². The second kappa shape index (κ2) is 4.85. The van der Waals surface area contributed by atoms with Crippen molar-refractivity contribution in [3.63, 3.8) is 0 Å². The molecule has 0 bridgehead atoms. The highest BCUT2D eigenvalue weighted by Gasteiger charge is 2.03. The van der Waals surface area contributed by atoms with Gasteiger partial charge in [-0.25, -0.2) is 4.39 Å². The third-order valence-electron chi connectivity index (χ3n) is 2.12. The van der Waals surface area contributed by atoms with Crippen LogP contribution in [-0.4, -0.2) is 10.2 Å². The van der Waals surface area contributed by atoms with E-state index >= 15 is 0 Å². The Balaban J connectivity index is 1.87. The van der Waals surface area contributed by atoms with Crippen LogP contribution in [0.4, 0.5) is 4.39 Å². The summed E-state index contributed by atoms with van der Waals surface area (Å²) in [6, 6.07) is 6.65. The number of aromatic nitrogens is 2. The molecule has 5 heteroatoms. The van der Waals surface area contributed by atoms with Crippen molar-refractivity contribution in [3.8, 4) is 0 Å². The Morgan fingerprint density at radius 2 is 2.06 bits per heavy atom. The van der Waals surface area contributed by atoms with Crippen LogP contribution in [0.2, 0.25) is 0 Å². The summed E-state index contributed by atoms with van der Waals surface area (Å²) in [4.78, 5) is 0. The summed E-state index contributed by atoms with van der Waals surface area (Å²) in [6.45, 7) is 2.61. The molecule has 0 saturated heterocycles. The number of halogens is 1. The van der Waals surface area contributed by atoms with Crippen LogP contribution in [0.25, 0.3) is 0 Å². The molecule has 1 N–H and O–H groups in total. The van der Waals surface area contributed by atoms with Gasteiger partial charge in [0.05, 0.1) is 6.54 Å². The van der Waals surface area contributed by atoms with E-state index in [1.165, 1.54) is 6.07 Å². The standard InChI is InChI=1S/C11H12FN3O/c1-8-14-15-11(16-8)7-13-6-9-4-2-3-5-10(9)12/h2-5,13H,6-7H2,1H3. The number of benzene rings is 1. The van der Waals surface area contributed by atoms with Gasteiger partial charge in [0.25, 0.3) is 0 Å². The Morgan fingerprint density at radius 3 is 2.75 bits per heavy atom. The lowest BCUT2D eigenvalue weighted by Crippen LogP contribution is -2.13. The lowest BCUT2D eigenvalue weighted by atomic mass is 10.2. The molecular weight excluding hydrogens is 209 g/mol. The molecule has 0 unspecified atom stereocenters. The van der Waals surface area contributed by atoms with E-state index < -0.39 is 0 Å². The number of nitrogens with one attached hydrogen (secondary N) is 1. The Kier molecular flexibility index (Phi) is 3.26. The molecule has 4 nitrogen and oxygen atoms in total. The van der Waals surface area contributed by atoms with Gasteiger partial charge in [-0.05, 0) is 6.07 Å². The summed E-state index contributed by atoms with van der Waals surface area (Å²) in [5.74, 6) is 0.827. The molecule has 0 spiro atoms. The van der Waals surface area contributed by atoms with E-state index in [0.717, 1.165) is 0 Å². The number of aryl methyl sites for hydroxylation is 1. The molecule has 0 aliphatic carbocycles. The zero-order chi connectivity index (χ0) is 11.4. The van der Waals surface area contributed by atoms with Gasteiger partial charge >= 0.3 is 0 Å². The van der Waals surface area contributed by atoms with Crippen molar-refractivity contribution < 1.29 is 8.81 Å². The molecule has 16 heavy (non-hydrogen) atoms. The zero-order valence-electron chi connectivity index (χ0n) is 8.90. The topological polar surface area (TPSA) is 51.0 Å². The van der Waals surface area contributed by atoms with Gasteiger partial charge in [-0.2, -0.15) is 0 Å². The minimum atomic E-state index is -0.211. The molecular formula is C11H12FN3O. The van der Waals surface area contributed by atoms with Gasteiger partial charge in [0, 0.05) is 19.0 Å². The second-order valence-electron chi connectivity index (χ2n) is 3.41. The van der Waals surface area contributed by atoms with Crippen LogP contribution in [0.3, 0.4) is 0 Å². The number of hydrogen-bond donors (Lipinski definition) is 1. The first-order chi connectivity index (χ1) is 7.75. The van der Waals surface area contributed by atoms with Crippen LogP contribution >= 0.6 is 0 Å². The predicted molar refractivity (Wildman–Crippen MR) is 56.0 cm³/mol. The summed E-state index contributed by atoms with van der Waals surface area (Å²) in [7, 11) is 0. The van der Waals surface area contributed by atoms with Crippen molar-refractivity contribution in [2.45, 2.75) is 20.0 Å². The van der Waals surface area contributed by atoms with Gasteiger partial charge in [-0.3, -0.25) is 0 Å². The van der Waals surface area contributed by atoms with Crippen LogP contribution in [0.15, 0.2) is 28.7 Å². The Morgan fingerprint density at radius 1 is 1.25 bits per heavy atom. The van der Waals surface area contributed by atoms with E-state index in [9.17, 15) is 4.39 Å². The van der Waals surface area contributed by atoms with Gasteiger partial charge in [0.15, 0.2) is 0 Å². The molecule has 84 valence electrons. The second-order valence-corrected chi connectivity index (χ2v) is 3.41. The minimum absolute atomic E-state index is 0.211. The summed E-state index contributed by atoms with van der Waals surface area (Å²) in [5, 5.41) is 10.6. The van der Waals surface area contributed by atoms with Crippen LogP contribution < -0.4 is 5.32 Å². The van der Waals surface area contributed by atoms with Crippen molar-refractivity contribution in [2.75, 3.05) is 0 Å². The first kappa shape index (κ1) is 10.8. The van der Waals surface area contributed by atoms with E-state index in [1.807, 2.05) is 0 Å². The Labute approximate surface area is 92.5 Å². The molecule has 0 saturated carbocycles. The molecule has 0 amide bonds. The number of hydrogen-bond acceptors (Lipinski definition) is 4. The fourth-order valence-corrected chi connectivity index (χ4v) is 1.35. The largest absolute Gasteiger partial charge is 0.424 e. The summed E-state index contributed by atoms with van der Waals surface area (Å²) < 4.78 is 18.4. The molecule has 0 radical (unpaired) electrons. The molecule has 0 atom stereocenters. The van der Waals surface area contributed by atoms with Crippen LogP contribution in [0.1, 0.15) is 17.3 Å². The zero-order valence-corrected chi connectivity index (χ0v) is 8.90. The lowest BCUT2D eigenvalue weighted by molar-refractivity contribution is 0.445.